The zero-order chi connectivity index (χ0) is 85.2. The van der Waals surface area contributed by atoms with E-state index in [0.29, 0.717) is 120 Å². The molecule has 13 rings (SSSR count). The Morgan fingerprint density at radius 1 is 0.534 bits per heavy atom. The van der Waals surface area contributed by atoms with Gasteiger partial charge >= 0.3 is 0 Å². The SMILES string of the molecule is CCC(=O)c1cc(P(C)(C)=O)ccc1Nc1nc(Nc2ccc(N3CCN(C(C)C)CC3)cc2OC)nc2c1C=CC2.COc1cc(N2CCC(N3CCP(C)(=O)CC3)CC2)ccc1Nc1ncc(Cl)c(Nc2ccccc2S(=O)(=O)C(C)C)n1.COc1cc(P(C)(C)=O)ccc1Nc1ncc(Cl)c(Nc2ccc(P(C)(C)=O)cc2OC)n1. The number of fused-ring (bicyclic) bond motifs is 1. The lowest BCUT2D eigenvalue weighted by atomic mass is 10.0. The van der Waals surface area contributed by atoms with Crippen LogP contribution in [-0.4, -0.2) is 211 Å². The number of methoxy groups -OCH3 is 4. The average Bonchev–Trinajstić information content (AvgIpc) is 1.70. The summed E-state index contributed by atoms with van der Waals surface area (Å²) in [5.41, 5.74) is 8.21. The van der Waals surface area contributed by atoms with Gasteiger partial charge in [-0.15, -0.1) is 0 Å². The quantitative estimate of drug-likeness (QED) is 0.0206. The zero-order valence-electron chi connectivity index (χ0n) is 69.8. The Morgan fingerprint density at radius 2 is 0.966 bits per heavy atom. The molecule has 0 bridgehead atoms. The number of para-hydroxylation sites is 1. The molecule has 6 N–H and O–H groups in total. The van der Waals surface area contributed by atoms with Crippen LogP contribution in [-0.2, 0) is 34.5 Å². The smallest absolute Gasteiger partial charge is 0.229 e. The van der Waals surface area contributed by atoms with E-state index < -0.39 is 43.7 Å². The van der Waals surface area contributed by atoms with E-state index in [1.807, 2.05) is 56.1 Å². The fourth-order valence-electron chi connectivity index (χ4n) is 14.0. The Morgan fingerprint density at radius 3 is 1.45 bits per heavy atom. The molecule has 0 atom stereocenters. The summed E-state index contributed by atoms with van der Waals surface area (Å²) in [7, 11) is -6.48. The van der Waals surface area contributed by atoms with Crippen molar-refractivity contribution in [3.63, 3.8) is 0 Å². The summed E-state index contributed by atoms with van der Waals surface area (Å²) >= 11 is 12.7. The number of Topliss-reactive ketones (excluding diaryl/α,β-unsaturated/α-hetero) is 1. The molecule has 0 spiro atoms. The molecule has 3 aromatic heterocycles. The van der Waals surface area contributed by atoms with Crippen molar-refractivity contribution in [2.24, 2.45) is 0 Å². The number of piperazine rings is 1. The summed E-state index contributed by atoms with van der Waals surface area (Å²) in [6.07, 6.45) is 11.8. The second-order valence-electron chi connectivity index (χ2n) is 31.2. The van der Waals surface area contributed by atoms with Crippen LogP contribution in [0.3, 0.4) is 0 Å². The molecule has 27 nitrogen and oxygen atoms in total. The van der Waals surface area contributed by atoms with E-state index in [0.717, 1.165) is 106 Å². The van der Waals surface area contributed by atoms with E-state index in [1.54, 1.807) is 135 Å². The second-order valence-corrected chi connectivity index (χ2v) is 47.6. The Hall–Kier alpha value is -9.06. The van der Waals surface area contributed by atoms with Crippen LogP contribution in [0.25, 0.3) is 6.08 Å². The molecule has 0 saturated carbocycles. The van der Waals surface area contributed by atoms with E-state index in [2.05, 4.69) is 103 Å². The number of nitrogens with one attached hydrogen (secondary N) is 6. The highest BCUT2D eigenvalue weighted by Gasteiger charge is 2.33. The van der Waals surface area contributed by atoms with Crippen molar-refractivity contribution in [3.8, 4) is 23.0 Å². The van der Waals surface area contributed by atoms with Crippen molar-refractivity contribution in [3.05, 3.63) is 161 Å². The van der Waals surface area contributed by atoms with E-state index in [4.69, 9.17) is 52.1 Å². The number of benzene rings is 6. The molecule has 9 aromatic rings. The first kappa shape index (κ1) is 89.7. The van der Waals surface area contributed by atoms with Gasteiger partial charge in [-0.3, -0.25) is 14.6 Å². The number of ketones is 1. The average molecular weight is 1740 g/mol. The van der Waals surface area contributed by atoms with E-state index in [-0.39, 0.29) is 33.4 Å². The van der Waals surface area contributed by atoms with Crippen molar-refractivity contribution in [1.29, 1.82) is 0 Å². The molecular formula is C84H108Cl2N16O11P4S. The Bertz CT molecular complexity index is 5490. The van der Waals surface area contributed by atoms with Crippen LogP contribution < -0.4 is 76.6 Å². The lowest BCUT2D eigenvalue weighted by Gasteiger charge is -2.42. The van der Waals surface area contributed by atoms with Crippen LogP contribution >= 0.6 is 51.8 Å². The van der Waals surface area contributed by atoms with Crippen LogP contribution in [0, 0.1) is 0 Å². The van der Waals surface area contributed by atoms with Gasteiger partial charge in [0, 0.05) is 140 Å². The molecule has 6 aromatic carbocycles. The largest absolute Gasteiger partial charge is 0.495 e. The summed E-state index contributed by atoms with van der Waals surface area (Å²) in [4.78, 5) is 50.0. The third-order valence-corrected chi connectivity index (χ3v) is 30.7. The van der Waals surface area contributed by atoms with Gasteiger partial charge < -0.3 is 78.9 Å². The minimum absolute atomic E-state index is 0.0252. The Balaban J connectivity index is 0.000000175. The number of hydrogen-bond acceptors (Lipinski definition) is 27. The molecule has 34 heteroatoms. The van der Waals surface area contributed by atoms with Gasteiger partial charge in [-0.2, -0.15) is 15.0 Å². The van der Waals surface area contributed by atoms with E-state index in [1.165, 1.54) is 26.6 Å². The van der Waals surface area contributed by atoms with Gasteiger partial charge in [0.05, 0.1) is 97.9 Å². The maximum Gasteiger partial charge on any atom is 0.229 e. The fraction of sp³-hybridized carbons (Fsp3) is 0.393. The lowest BCUT2D eigenvalue weighted by Crippen LogP contribution is -2.48. The van der Waals surface area contributed by atoms with Crippen molar-refractivity contribution in [1.82, 2.24) is 39.7 Å². The monoisotopic (exact) mass is 1740 g/mol. The van der Waals surface area contributed by atoms with E-state index in [9.17, 15) is 31.5 Å². The molecule has 0 radical (unpaired) electrons. The number of hydrogen-bond donors (Lipinski definition) is 6. The van der Waals surface area contributed by atoms with Gasteiger partial charge in [0.2, 0.25) is 17.8 Å². The number of rotatable bonds is 27. The van der Waals surface area contributed by atoms with Gasteiger partial charge in [0.25, 0.3) is 0 Å². The van der Waals surface area contributed by atoms with Crippen LogP contribution in [0.2, 0.25) is 10.0 Å². The van der Waals surface area contributed by atoms with Gasteiger partial charge in [-0.25, -0.2) is 23.4 Å². The first-order chi connectivity index (χ1) is 55.9. The van der Waals surface area contributed by atoms with Gasteiger partial charge in [-0.05, 0) is 178 Å². The molecule has 4 aliphatic rings. The first-order valence-corrected chi connectivity index (χ1v) is 51.8. The molecule has 118 heavy (non-hydrogen) atoms. The highest BCUT2D eigenvalue weighted by atomic mass is 35.5. The van der Waals surface area contributed by atoms with Crippen molar-refractivity contribution in [2.45, 2.75) is 82.5 Å². The topological polar surface area (TPSA) is 319 Å². The van der Waals surface area contributed by atoms with Crippen LogP contribution in [0.4, 0.5) is 80.8 Å². The van der Waals surface area contributed by atoms with Crippen molar-refractivity contribution >= 4 is 170 Å². The summed E-state index contributed by atoms with van der Waals surface area (Å²) in [6.45, 7) is 29.6. The molecule has 6 heterocycles. The van der Waals surface area contributed by atoms with Gasteiger partial charge in [0.1, 0.15) is 60.3 Å². The van der Waals surface area contributed by atoms with Crippen molar-refractivity contribution in [2.75, 3.05) is 181 Å². The summed E-state index contributed by atoms with van der Waals surface area (Å²) in [5.74, 6) is 4.61. The number of ether oxygens (including phenoxy) is 4. The predicted molar refractivity (Wildman–Crippen MR) is 487 cm³/mol. The molecule has 0 unspecified atom stereocenters. The van der Waals surface area contributed by atoms with Crippen LogP contribution in [0.15, 0.2) is 139 Å². The number of nitrogens with zero attached hydrogens (tertiary/aromatic N) is 10. The number of aromatic nitrogens is 6. The van der Waals surface area contributed by atoms with Crippen molar-refractivity contribution < 1.29 is 50.4 Å². The second kappa shape index (κ2) is 38.6. The molecular weight excluding hydrogens is 1640 g/mol. The standard InChI is InChI=1S/C32H41N6O3P.C30H40ClN6O4PS.C22H27ClN4O4P2/c1-7-29(39)25-20-23(42(5,6)40)12-14-27(25)33-31-24-9-8-10-26(24)34-32(36-31)35-28-13-11-22(19-30(28)41-4)38-17-15-37(16-18-38)21(2)3;1-21(2)43(39,40)28-8-6-5-7-26(28)33-29-24(31)20-32-30(35-29)34-25-10-9-23(19-27(25)41-3)36-13-11-22(12-14-36)37-15-17-42(4,38)18-16-37;1-30-19-11-14(32(3,4)28)7-9-17(19)25-21-16(23)13-24-22(27-21)26-18-10-8-15(33(5,6)29)12-20(18)31-2/h8-9,11-14,19-21H,7,10,15-18H2,1-6H3,(H2,33,34,35,36);5-10,19-22H,11-18H2,1-4H3,(H2,32,33,34,35);7-13H,1-6H3,(H2,24,25,26,27). The minimum atomic E-state index is -3.53. The Labute approximate surface area is 703 Å². The molecule has 3 fully saturated rings. The number of anilines is 14. The maximum atomic E-state index is 12.9. The normalized spacial score (nSPS) is 15.3. The predicted octanol–water partition coefficient (Wildman–Crippen LogP) is 17.1. The highest BCUT2D eigenvalue weighted by molar-refractivity contribution is 7.92. The van der Waals surface area contributed by atoms with Gasteiger partial charge in [-0.1, -0.05) is 54.4 Å². The lowest BCUT2D eigenvalue weighted by molar-refractivity contribution is 0.0989. The summed E-state index contributed by atoms with van der Waals surface area (Å²) in [5, 5.41) is 21.4. The Kier molecular flexibility index (Phi) is 29.3. The fourth-order valence-corrected chi connectivity index (χ4v) is 19.6. The minimum Gasteiger partial charge on any atom is -0.495 e. The maximum absolute atomic E-state index is 12.9. The third-order valence-electron chi connectivity index (χ3n) is 21.1. The number of sulfone groups is 1. The highest BCUT2D eigenvalue weighted by Crippen LogP contribution is 2.46. The first-order valence-electron chi connectivity index (χ1n) is 39.1. The number of piperidine rings is 1. The zero-order valence-corrected chi connectivity index (χ0v) is 75.7. The summed E-state index contributed by atoms with van der Waals surface area (Å²) < 4.78 is 98.1. The molecule has 3 aliphatic heterocycles. The molecule has 3 saturated heterocycles. The molecule has 1 aliphatic carbocycles. The van der Waals surface area contributed by atoms with Gasteiger partial charge in [0.15, 0.2) is 27.3 Å². The number of carbonyl (C=O) groups is 1. The van der Waals surface area contributed by atoms with Crippen LogP contribution in [0.1, 0.15) is 75.5 Å². The number of halogens is 2. The molecule has 630 valence electrons. The number of carbonyl (C=O) groups excluding carboxylic acids is 1. The molecule has 0 amide bonds. The summed E-state index contributed by atoms with van der Waals surface area (Å²) in [6, 6.07) is 36.0. The third kappa shape index (κ3) is 22.5. The van der Waals surface area contributed by atoms with Crippen LogP contribution in [0.5, 0.6) is 23.0 Å². The number of allylic oxidation sites excluding steroid dienone is 1. The van der Waals surface area contributed by atoms with E-state index >= 15 is 0 Å².